The molecule has 0 unspecified atom stereocenters. The summed E-state index contributed by atoms with van der Waals surface area (Å²) in [6.45, 7) is 5.56. The van der Waals surface area contributed by atoms with Crippen molar-refractivity contribution in [2.24, 2.45) is 0 Å². The molecule has 0 saturated carbocycles. The fourth-order valence-corrected chi connectivity index (χ4v) is 7.18. The van der Waals surface area contributed by atoms with Gasteiger partial charge in [-0.15, -0.1) is 6.58 Å². The minimum Gasteiger partial charge on any atom is -0.780 e. The van der Waals surface area contributed by atoms with Crippen molar-refractivity contribution in [3.63, 3.8) is 0 Å². The van der Waals surface area contributed by atoms with E-state index >= 15 is 0 Å². The standard InChI is InChI=1S/C36H38N5O8P.2Na/c1-3-18-39-23-34(44)40-31(19-26-12-15-28(16-13-26)49-50(46,47)48)36(45)38(21-27-10-7-11-29-30(24(2)42)20-37-35(27)29)22-32(40)41(39)33(43)17-14-25-8-5-4-6-9-25;;/h3-13,15-16,20,31-32,37H,1,14,17-19,21-23H2,2H3,(H2,46,47,48);;/q;2*+1/p-2/t31-,32-;;/m0../s1. The Bertz CT molecular complexity index is 1990. The van der Waals surface area contributed by atoms with Gasteiger partial charge in [0, 0.05) is 43.1 Å². The summed E-state index contributed by atoms with van der Waals surface area (Å²) >= 11 is 0. The maximum Gasteiger partial charge on any atom is 1.00 e. The number of rotatable bonds is 12. The number of hydrazine groups is 1. The van der Waals surface area contributed by atoms with Crippen LogP contribution in [0.2, 0.25) is 0 Å². The molecule has 2 aliphatic rings. The van der Waals surface area contributed by atoms with Gasteiger partial charge in [0.2, 0.25) is 17.7 Å². The van der Waals surface area contributed by atoms with Gasteiger partial charge in [-0.05, 0) is 42.2 Å². The Morgan fingerprint density at radius 1 is 1.00 bits per heavy atom. The van der Waals surface area contributed by atoms with Crippen molar-refractivity contribution in [3.8, 4) is 5.75 Å². The number of aryl methyl sites for hydroxylation is 1. The second kappa shape index (κ2) is 17.8. The van der Waals surface area contributed by atoms with Crippen LogP contribution in [0.15, 0.2) is 91.6 Å². The Balaban J connectivity index is 0.00000302. The Hall–Kier alpha value is -3.07. The monoisotopic (exact) mass is 743 g/mol. The maximum atomic E-state index is 14.4. The number of Topliss-reactive ketones (excluding diaryl/α,β-unsaturated/α-hetero) is 1. The van der Waals surface area contributed by atoms with Crippen molar-refractivity contribution in [1.82, 2.24) is 24.8 Å². The van der Waals surface area contributed by atoms with E-state index in [-0.39, 0.29) is 127 Å². The van der Waals surface area contributed by atoms with Gasteiger partial charge in [-0.2, -0.15) is 0 Å². The molecule has 3 aromatic carbocycles. The van der Waals surface area contributed by atoms with Crippen LogP contribution in [0.4, 0.5) is 0 Å². The number of phosphoric ester groups is 1. The predicted molar refractivity (Wildman–Crippen MR) is 180 cm³/mol. The van der Waals surface area contributed by atoms with Crippen LogP contribution in [-0.4, -0.2) is 80.1 Å². The SMILES string of the molecule is C=CCN1CC(=O)N2[C@@H](Cc3ccc(OP(=O)([O-])[O-])cc3)C(=O)N(Cc3cccc4c(C(C)=O)c[nH]c34)C[C@@H]2N1C(=O)CCc1ccccc1.[Na+].[Na+]. The normalized spacial score (nSPS) is 17.6. The number of para-hydroxylation sites is 1. The number of amides is 3. The minimum absolute atomic E-state index is 0. The molecule has 260 valence electrons. The summed E-state index contributed by atoms with van der Waals surface area (Å²) < 4.78 is 15.6. The van der Waals surface area contributed by atoms with Crippen LogP contribution in [-0.2, 0) is 38.3 Å². The Morgan fingerprint density at radius 2 is 1.71 bits per heavy atom. The van der Waals surface area contributed by atoms with E-state index in [1.807, 2.05) is 48.5 Å². The molecule has 4 aromatic rings. The van der Waals surface area contributed by atoms with Crippen LogP contribution in [0.5, 0.6) is 5.75 Å². The Kier molecular flexibility index (Phi) is 14.3. The van der Waals surface area contributed by atoms with Crippen molar-refractivity contribution in [3.05, 3.63) is 114 Å². The van der Waals surface area contributed by atoms with Crippen LogP contribution in [0, 0.1) is 0 Å². The van der Waals surface area contributed by atoms with Crippen molar-refractivity contribution in [1.29, 1.82) is 0 Å². The van der Waals surface area contributed by atoms with E-state index in [1.54, 1.807) is 27.2 Å². The van der Waals surface area contributed by atoms with Crippen LogP contribution >= 0.6 is 7.82 Å². The summed E-state index contributed by atoms with van der Waals surface area (Å²) in [5.41, 5.74) is 3.55. The van der Waals surface area contributed by atoms with Gasteiger partial charge in [0.1, 0.15) is 25.8 Å². The molecule has 16 heteroatoms. The van der Waals surface area contributed by atoms with E-state index in [9.17, 15) is 33.5 Å². The topological polar surface area (TPSA) is 169 Å². The fraction of sp³-hybridized carbons (Fsp3) is 0.278. The summed E-state index contributed by atoms with van der Waals surface area (Å²) in [5, 5.41) is 3.97. The molecule has 3 amide bonds. The molecule has 2 atom stereocenters. The number of nitrogens with zero attached hydrogens (tertiary/aromatic N) is 4. The number of carbonyl (C=O) groups excluding carboxylic acids is 4. The Morgan fingerprint density at radius 3 is 2.37 bits per heavy atom. The second-order valence-electron chi connectivity index (χ2n) is 12.4. The van der Waals surface area contributed by atoms with Crippen molar-refractivity contribution < 1.29 is 97.2 Å². The number of piperazine rings is 1. The van der Waals surface area contributed by atoms with Gasteiger partial charge in [-0.3, -0.25) is 19.2 Å². The van der Waals surface area contributed by atoms with Gasteiger partial charge < -0.3 is 33.7 Å². The molecule has 0 aliphatic carbocycles. The quantitative estimate of drug-likeness (QED) is 0.0673. The number of fused-ring (bicyclic) bond motifs is 2. The number of hydrogen-bond donors (Lipinski definition) is 1. The molecule has 3 heterocycles. The molecule has 2 saturated heterocycles. The van der Waals surface area contributed by atoms with Crippen molar-refractivity contribution in [2.75, 3.05) is 19.6 Å². The molecule has 0 bridgehead atoms. The number of aromatic amines is 1. The number of carbonyl (C=O) groups is 4. The number of nitrogens with one attached hydrogen (secondary N) is 1. The molecule has 2 fully saturated rings. The van der Waals surface area contributed by atoms with Crippen LogP contribution in [0.1, 0.15) is 40.4 Å². The van der Waals surface area contributed by atoms with Gasteiger partial charge in [-0.25, -0.2) is 10.0 Å². The zero-order valence-corrected chi connectivity index (χ0v) is 34.3. The summed E-state index contributed by atoms with van der Waals surface area (Å²) in [7, 11) is -5.28. The van der Waals surface area contributed by atoms with E-state index in [1.165, 1.54) is 36.1 Å². The molecule has 52 heavy (non-hydrogen) atoms. The van der Waals surface area contributed by atoms with E-state index in [0.717, 1.165) is 16.5 Å². The zero-order valence-electron chi connectivity index (χ0n) is 29.4. The van der Waals surface area contributed by atoms with E-state index in [2.05, 4.69) is 16.1 Å². The summed E-state index contributed by atoms with van der Waals surface area (Å²) in [4.78, 5) is 83.2. The van der Waals surface area contributed by atoms with Gasteiger partial charge in [0.15, 0.2) is 5.78 Å². The minimum atomic E-state index is -5.28. The summed E-state index contributed by atoms with van der Waals surface area (Å²) in [6.07, 6.45) is 3.10. The summed E-state index contributed by atoms with van der Waals surface area (Å²) in [6, 6.07) is 19.8. The van der Waals surface area contributed by atoms with Gasteiger partial charge in [0.05, 0.1) is 18.6 Å². The number of hydrogen-bond acceptors (Lipinski definition) is 9. The molecule has 2 aliphatic heterocycles. The third kappa shape index (κ3) is 9.34. The number of H-pyrrole nitrogens is 1. The maximum absolute atomic E-state index is 14.4. The van der Waals surface area contributed by atoms with E-state index in [0.29, 0.717) is 23.1 Å². The van der Waals surface area contributed by atoms with Crippen molar-refractivity contribution in [2.45, 2.75) is 44.9 Å². The van der Waals surface area contributed by atoms with Gasteiger partial charge >= 0.3 is 59.1 Å². The molecular weight excluding hydrogens is 707 g/mol. The number of phosphoric acid groups is 1. The molecule has 1 aromatic heterocycles. The van der Waals surface area contributed by atoms with E-state index in [4.69, 9.17) is 0 Å². The number of benzene rings is 3. The molecule has 13 nitrogen and oxygen atoms in total. The van der Waals surface area contributed by atoms with E-state index < -0.39 is 20.0 Å². The molecule has 1 N–H and O–H groups in total. The number of ketones is 1. The third-order valence-electron chi connectivity index (χ3n) is 9.01. The van der Waals surface area contributed by atoms with Crippen LogP contribution in [0.3, 0.4) is 0 Å². The van der Waals surface area contributed by atoms with Gasteiger partial charge in [0.25, 0.3) is 0 Å². The average molecular weight is 744 g/mol. The zero-order chi connectivity index (χ0) is 35.6. The first-order chi connectivity index (χ1) is 23.9. The molecular formula is C36H36N5Na2O8P. The first-order valence-corrected chi connectivity index (χ1v) is 17.6. The van der Waals surface area contributed by atoms with Gasteiger partial charge in [-0.1, -0.05) is 66.7 Å². The smallest absolute Gasteiger partial charge is 0.780 e. The largest absolute Gasteiger partial charge is 1.00 e. The van der Waals surface area contributed by atoms with Crippen LogP contribution in [0.25, 0.3) is 10.9 Å². The number of aromatic nitrogens is 1. The molecule has 6 rings (SSSR count). The van der Waals surface area contributed by atoms with Crippen molar-refractivity contribution >= 4 is 42.2 Å². The fourth-order valence-electron chi connectivity index (χ4n) is 6.80. The Labute approximate surface area is 345 Å². The molecule has 0 radical (unpaired) electrons. The summed E-state index contributed by atoms with van der Waals surface area (Å²) in [5.74, 6) is -1.17. The second-order valence-corrected chi connectivity index (χ2v) is 13.4. The molecule has 0 spiro atoms. The first-order valence-electron chi connectivity index (χ1n) is 16.2. The van der Waals surface area contributed by atoms with Crippen LogP contribution < -0.4 is 73.4 Å². The predicted octanol–water partition coefficient (Wildman–Crippen LogP) is -3.43. The first kappa shape index (κ1) is 41.7. The third-order valence-corrected chi connectivity index (χ3v) is 9.44. The average Bonchev–Trinajstić information content (AvgIpc) is 3.52.